The molecule has 0 radical (unpaired) electrons. The average Bonchev–Trinajstić information content (AvgIpc) is 3.18. The summed E-state index contributed by atoms with van der Waals surface area (Å²) in [5.74, 6) is 0. The van der Waals surface area contributed by atoms with E-state index in [1.807, 2.05) is 12.1 Å². The van der Waals surface area contributed by atoms with E-state index in [9.17, 15) is 8.42 Å². The summed E-state index contributed by atoms with van der Waals surface area (Å²) in [4.78, 5) is 3.00. The lowest BCUT2D eigenvalue weighted by molar-refractivity contribution is 0.0983. The zero-order valence-corrected chi connectivity index (χ0v) is 18.0. The van der Waals surface area contributed by atoms with Crippen molar-refractivity contribution in [2.45, 2.75) is 55.2 Å². The predicted octanol–water partition coefficient (Wildman–Crippen LogP) is 4.33. The summed E-state index contributed by atoms with van der Waals surface area (Å²) in [5.41, 5.74) is 3.53. The van der Waals surface area contributed by atoms with Crippen LogP contribution in [0.3, 0.4) is 0 Å². The second-order valence-electron chi connectivity index (χ2n) is 8.36. The standard InChI is InChI=1S/C24H31NO3S/c1-19-3-2-15-25(19)16-12-20-4-6-21(7-5-20)22-8-10-23(11-9-22)29(26,27)24-13-17-28-18-14-24/h4-11,19,24H,2-3,12-18H2,1H3/t19-/m1/s1. The van der Waals surface area contributed by atoms with Crippen LogP contribution in [0.5, 0.6) is 0 Å². The second kappa shape index (κ2) is 8.99. The maximum Gasteiger partial charge on any atom is 0.181 e. The van der Waals surface area contributed by atoms with Crippen molar-refractivity contribution in [1.29, 1.82) is 0 Å². The predicted molar refractivity (Wildman–Crippen MR) is 117 cm³/mol. The van der Waals surface area contributed by atoms with Crippen molar-refractivity contribution in [3.8, 4) is 11.1 Å². The molecular weight excluding hydrogens is 382 g/mol. The highest BCUT2D eigenvalue weighted by Gasteiger charge is 2.29. The third-order valence-electron chi connectivity index (χ3n) is 6.46. The first-order valence-electron chi connectivity index (χ1n) is 10.8. The Hall–Kier alpha value is -1.69. The van der Waals surface area contributed by atoms with Gasteiger partial charge in [0.25, 0.3) is 0 Å². The highest BCUT2D eigenvalue weighted by atomic mass is 32.2. The highest BCUT2D eigenvalue weighted by molar-refractivity contribution is 7.92. The summed E-state index contributed by atoms with van der Waals surface area (Å²) in [6.07, 6.45) is 4.88. The Balaban J connectivity index is 1.41. The summed E-state index contributed by atoms with van der Waals surface area (Å²) in [5, 5.41) is -0.320. The van der Waals surface area contributed by atoms with E-state index in [-0.39, 0.29) is 5.25 Å². The largest absolute Gasteiger partial charge is 0.381 e. The van der Waals surface area contributed by atoms with E-state index in [1.54, 1.807) is 12.1 Å². The molecule has 0 aromatic heterocycles. The Labute approximate surface area is 174 Å². The topological polar surface area (TPSA) is 46.6 Å². The molecule has 2 fully saturated rings. The van der Waals surface area contributed by atoms with E-state index in [4.69, 9.17) is 4.74 Å². The lowest BCUT2D eigenvalue weighted by atomic mass is 10.0. The van der Waals surface area contributed by atoms with Crippen molar-refractivity contribution in [1.82, 2.24) is 4.90 Å². The number of rotatable bonds is 6. The number of hydrogen-bond acceptors (Lipinski definition) is 4. The third kappa shape index (κ3) is 4.73. The van der Waals surface area contributed by atoms with Gasteiger partial charge < -0.3 is 9.64 Å². The van der Waals surface area contributed by atoms with Gasteiger partial charge in [0.05, 0.1) is 10.1 Å². The van der Waals surface area contributed by atoms with Crippen LogP contribution in [0.4, 0.5) is 0 Å². The van der Waals surface area contributed by atoms with Gasteiger partial charge in [-0.1, -0.05) is 36.4 Å². The van der Waals surface area contributed by atoms with Gasteiger partial charge in [0.1, 0.15) is 0 Å². The van der Waals surface area contributed by atoms with Gasteiger partial charge in [-0.3, -0.25) is 0 Å². The van der Waals surface area contributed by atoms with Crippen LogP contribution in [0.1, 0.15) is 38.2 Å². The van der Waals surface area contributed by atoms with Crippen molar-refractivity contribution in [2.75, 3.05) is 26.3 Å². The highest BCUT2D eigenvalue weighted by Crippen LogP contribution is 2.27. The average molecular weight is 414 g/mol. The number of benzene rings is 2. The van der Waals surface area contributed by atoms with Crippen LogP contribution < -0.4 is 0 Å². The summed E-state index contributed by atoms with van der Waals surface area (Å²) < 4.78 is 30.9. The molecule has 0 saturated carbocycles. The first-order chi connectivity index (χ1) is 14.0. The number of ether oxygens (including phenoxy) is 1. The van der Waals surface area contributed by atoms with Crippen LogP contribution >= 0.6 is 0 Å². The fourth-order valence-electron chi connectivity index (χ4n) is 4.48. The quantitative estimate of drug-likeness (QED) is 0.707. The minimum Gasteiger partial charge on any atom is -0.381 e. The lowest BCUT2D eigenvalue weighted by Crippen LogP contribution is -2.28. The summed E-state index contributed by atoms with van der Waals surface area (Å²) >= 11 is 0. The van der Waals surface area contributed by atoms with Gasteiger partial charge in [-0.15, -0.1) is 0 Å². The molecule has 4 nitrogen and oxygen atoms in total. The maximum atomic E-state index is 12.8. The molecule has 0 N–H and O–H groups in total. The van der Waals surface area contributed by atoms with Gasteiger partial charge >= 0.3 is 0 Å². The number of nitrogens with zero attached hydrogens (tertiary/aromatic N) is 1. The maximum absolute atomic E-state index is 12.8. The first-order valence-corrected chi connectivity index (χ1v) is 12.3. The van der Waals surface area contributed by atoms with E-state index in [2.05, 4.69) is 36.1 Å². The van der Waals surface area contributed by atoms with Crippen LogP contribution in [0.15, 0.2) is 53.4 Å². The van der Waals surface area contributed by atoms with E-state index >= 15 is 0 Å². The van der Waals surface area contributed by atoms with E-state index in [0.717, 1.165) is 24.1 Å². The monoisotopic (exact) mass is 413 g/mol. The second-order valence-corrected chi connectivity index (χ2v) is 10.6. The van der Waals surface area contributed by atoms with Crippen molar-refractivity contribution in [2.24, 2.45) is 0 Å². The molecule has 2 heterocycles. The third-order valence-corrected chi connectivity index (χ3v) is 8.73. The summed E-state index contributed by atoms with van der Waals surface area (Å²) in [6, 6.07) is 16.7. The molecule has 2 aliphatic rings. The molecule has 0 spiro atoms. The smallest absolute Gasteiger partial charge is 0.181 e. The lowest BCUT2D eigenvalue weighted by Gasteiger charge is -2.22. The molecule has 156 valence electrons. The molecule has 2 saturated heterocycles. The Morgan fingerprint density at radius 2 is 1.55 bits per heavy atom. The molecule has 29 heavy (non-hydrogen) atoms. The van der Waals surface area contributed by atoms with Crippen molar-refractivity contribution >= 4 is 9.84 Å². The molecular formula is C24H31NO3S. The molecule has 5 heteroatoms. The summed E-state index contributed by atoms with van der Waals surface area (Å²) in [7, 11) is -3.27. The molecule has 0 amide bonds. The van der Waals surface area contributed by atoms with E-state index in [0.29, 0.717) is 37.0 Å². The first kappa shape index (κ1) is 20.6. The van der Waals surface area contributed by atoms with Crippen LogP contribution in [0, 0.1) is 0 Å². The zero-order chi connectivity index (χ0) is 20.3. The van der Waals surface area contributed by atoms with Crippen LogP contribution in [-0.4, -0.2) is 50.9 Å². The van der Waals surface area contributed by atoms with Crippen molar-refractivity contribution in [3.05, 3.63) is 54.1 Å². The molecule has 0 aliphatic carbocycles. The van der Waals surface area contributed by atoms with E-state index in [1.165, 1.54) is 24.9 Å². The van der Waals surface area contributed by atoms with Gasteiger partial charge in [-0.05, 0) is 74.4 Å². The molecule has 0 bridgehead atoms. The van der Waals surface area contributed by atoms with Gasteiger partial charge in [-0.25, -0.2) is 8.42 Å². The van der Waals surface area contributed by atoms with Gasteiger partial charge in [-0.2, -0.15) is 0 Å². The molecule has 2 aromatic carbocycles. The Kier molecular flexibility index (Phi) is 6.38. The molecule has 4 rings (SSSR count). The SMILES string of the molecule is C[C@@H]1CCCN1CCc1ccc(-c2ccc(S(=O)(=O)C3CCOCC3)cc2)cc1. The van der Waals surface area contributed by atoms with Crippen molar-refractivity contribution in [3.63, 3.8) is 0 Å². The van der Waals surface area contributed by atoms with E-state index < -0.39 is 9.84 Å². The minimum atomic E-state index is -3.27. The fourth-order valence-corrected chi connectivity index (χ4v) is 6.19. The number of hydrogen-bond donors (Lipinski definition) is 0. The molecule has 2 aromatic rings. The Morgan fingerprint density at radius 1 is 0.931 bits per heavy atom. The van der Waals surface area contributed by atoms with Gasteiger partial charge in [0.15, 0.2) is 9.84 Å². The molecule has 0 unspecified atom stereocenters. The van der Waals surface area contributed by atoms with Crippen LogP contribution in [-0.2, 0) is 21.0 Å². The van der Waals surface area contributed by atoms with Crippen molar-refractivity contribution < 1.29 is 13.2 Å². The number of sulfone groups is 1. The van der Waals surface area contributed by atoms with Crippen LogP contribution in [0.25, 0.3) is 11.1 Å². The van der Waals surface area contributed by atoms with Crippen LogP contribution in [0.2, 0.25) is 0 Å². The molecule has 1 atom stereocenters. The molecule has 2 aliphatic heterocycles. The number of likely N-dealkylation sites (tertiary alicyclic amines) is 1. The zero-order valence-electron chi connectivity index (χ0n) is 17.2. The Bertz CT molecular complexity index is 900. The Morgan fingerprint density at radius 3 is 2.14 bits per heavy atom. The summed E-state index contributed by atoms with van der Waals surface area (Å²) in [6.45, 7) is 5.74. The van der Waals surface area contributed by atoms with Gasteiger partial charge in [0, 0.05) is 25.8 Å². The fraction of sp³-hybridized carbons (Fsp3) is 0.500. The van der Waals surface area contributed by atoms with Gasteiger partial charge in [0.2, 0.25) is 0 Å². The normalized spacial score (nSPS) is 21.5. The minimum absolute atomic E-state index is 0.320.